The molecule has 4 nitrogen and oxygen atoms in total. The van der Waals surface area contributed by atoms with Crippen LogP contribution < -0.4 is 5.32 Å². The summed E-state index contributed by atoms with van der Waals surface area (Å²) in [5.74, 6) is 0.522. The van der Waals surface area contributed by atoms with Crippen LogP contribution in [0.4, 0.5) is 5.69 Å². The first kappa shape index (κ1) is 16.8. The Hall–Kier alpha value is -3.01. The normalized spacial score (nSPS) is 14.5. The lowest BCUT2D eigenvalue weighted by Crippen LogP contribution is -2.07. The number of amides is 1. The number of anilines is 1. The quantitative estimate of drug-likeness (QED) is 0.597. The van der Waals surface area contributed by atoms with E-state index in [1.807, 2.05) is 31.2 Å². The summed E-state index contributed by atoms with van der Waals surface area (Å²) < 4.78 is 0. The van der Waals surface area contributed by atoms with E-state index in [-0.39, 0.29) is 5.91 Å². The van der Waals surface area contributed by atoms with Crippen LogP contribution in [0, 0.1) is 5.41 Å². The molecule has 25 heavy (non-hydrogen) atoms. The largest absolute Gasteiger partial charge is 0.323 e. The molecule has 126 valence electrons. The van der Waals surface area contributed by atoms with Gasteiger partial charge in [-0.2, -0.15) is 0 Å². The average molecular weight is 331 g/mol. The molecule has 4 heteroatoms. The molecule has 0 spiro atoms. The summed E-state index contributed by atoms with van der Waals surface area (Å²) in [5.41, 5.74) is 4.61. The molecule has 2 N–H and O–H groups in total. The highest BCUT2D eigenvalue weighted by Crippen LogP contribution is 2.40. The molecular formula is C21H21N3O. The smallest absolute Gasteiger partial charge is 0.248 e. The van der Waals surface area contributed by atoms with Crippen LogP contribution in [0.1, 0.15) is 42.4 Å². The van der Waals surface area contributed by atoms with E-state index >= 15 is 0 Å². The predicted molar refractivity (Wildman–Crippen MR) is 103 cm³/mol. The van der Waals surface area contributed by atoms with Crippen LogP contribution in [0.15, 0.2) is 54.9 Å². The van der Waals surface area contributed by atoms with E-state index in [0.29, 0.717) is 5.92 Å². The van der Waals surface area contributed by atoms with Gasteiger partial charge in [0.05, 0.1) is 0 Å². The first-order chi connectivity index (χ1) is 12.2. The zero-order valence-electron chi connectivity index (χ0n) is 14.2. The molecule has 1 heterocycles. The molecule has 1 aliphatic carbocycles. The highest BCUT2D eigenvalue weighted by molar-refractivity contribution is 6.10. The van der Waals surface area contributed by atoms with Gasteiger partial charge in [0.25, 0.3) is 0 Å². The molecule has 0 atom stereocenters. The number of rotatable bonds is 6. The third-order valence-corrected chi connectivity index (χ3v) is 4.27. The Labute approximate surface area is 147 Å². The van der Waals surface area contributed by atoms with Crippen LogP contribution in [-0.2, 0) is 4.79 Å². The van der Waals surface area contributed by atoms with Gasteiger partial charge in [0.2, 0.25) is 5.91 Å². The van der Waals surface area contributed by atoms with Crippen molar-refractivity contribution in [1.29, 1.82) is 5.41 Å². The van der Waals surface area contributed by atoms with Gasteiger partial charge in [0.15, 0.2) is 0 Å². The van der Waals surface area contributed by atoms with Crippen LogP contribution in [0.3, 0.4) is 0 Å². The van der Waals surface area contributed by atoms with E-state index in [0.717, 1.165) is 22.4 Å². The molecule has 0 radical (unpaired) electrons. The van der Waals surface area contributed by atoms with Crippen LogP contribution in [0.2, 0.25) is 0 Å². The molecule has 0 unspecified atom stereocenters. The highest BCUT2D eigenvalue weighted by atomic mass is 16.1. The number of benzene rings is 1. The minimum atomic E-state index is -0.189. The van der Waals surface area contributed by atoms with E-state index in [1.54, 1.807) is 18.5 Å². The number of carbonyl (C=O) groups excluding carboxylic acids is 1. The van der Waals surface area contributed by atoms with Gasteiger partial charge >= 0.3 is 0 Å². The van der Waals surface area contributed by atoms with Gasteiger partial charge in [0.1, 0.15) is 0 Å². The lowest BCUT2D eigenvalue weighted by Gasteiger charge is -2.06. The minimum Gasteiger partial charge on any atom is -0.323 e. The molecule has 1 aromatic carbocycles. The Balaban J connectivity index is 1.69. The summed E-state index contributed by atoms with van der Waals surface area (Å²) in [5, 5.41) is 10.4. The molecule has 1 aliphatic rings. The highest BCUT2D eigenvalue weighted by Gasteiger charge is 2.22. The SMILES string of the molecule is C/C=C(\C=N)c1ccncc1/C=C/C(=O)Nc1ccc(C2CC2)cc1. The van der Waals surface area contributed by atoms with Gasteiger partial charge in [-0.1, -0.05) is 18.2 Å². The Kier molecular flexibility index (Phi) is 5.19. The number of nitrogens with zero attached hydrogens (tertiary/aromatic N) is 1. The maximum atomic E-state index is 12.2. The molecule has 1 amide bonds. The standard InChI is InChI=1S/C21H21N3O/c1-2-15(13-22)20-11-12-23-14-18(20)7-10-21(25)24-19-8-5-17(6-9-19)16-3-4-16/h2,5-14,16,22H,3-4H2,1H3,(H,24,25)/b10-7+,15-2+,22-13?. The summed E-state index contributed by atoms with van der Waals surface area (Å²) in [6.07, 6.45) is 12.3. The molecule has 3 rings (SSSR count). The molecule has 0 aliphatic heterocycles. The van der Waals surface area contributed by atoms with E-state index in [1.165, 1.54) is 30.7 Å². The fraction of sp³-hybridized carbons (Fsp3) is 0.190. The first-order valence-corrected chi connectivity index (χ1v) is 8.41. The fourth-order valence-electron chi connectivity index (χ4n) is 2.72. The lowest BCUT2D eigenvalue weighted by molar-refractivity contribution is -0.111. The molecule has 1 aromatic heterocycles. The number of hydrogen-bond donors (Lipinski definition) is 2. The van der Waals surface area contributed by atoms with Gasteiger partial charge in [-0.3, -0.25) is 9.78 Å². The van der Waals surface area contributed by atoms with Crippen LogP contribution >= 0.6 is 0 Å². The number of aromatic nitrogens is 1. The van der Waals surface area contributed by atoms with Crippen molar-refractivity contribution in [3.63, 3.8) is 0 Å². The van der Waals surface area contributed by atoms with Crippen molar-refractivity contribution in [3.05, 3.63) is 71.6 Å². The monoisotopic (exact) mass is 331 g/mol. The average Bonchev–Trinajstić information content (AvgIpc) is 3.48. The molecule has 0 saturated heterocycles. The van der Waals surface area contributed by atoms with Crippen molar-refractivity contribution in [2.45, 2.75) is 25.7 Å². The fourth-order valence-corrected chi connectivity index (χ4v) is 2.72. The van der Waals surface area contributed by atoms with Gasteiger partial charge in [-0.05, 0) is 66.7 Å². The number of carbonyl (C=O) groups is 1. The van der Waals surface area contributed by atoms with Gasteiger partial charge < -0.3 is 10.7 Å². The summed E-state index contributed by atoms with van der Waals surface area (Å²) in [6.45, 7) is 1.88. The van der Waals surface area contributed by atoms with Gasteiger partial charge in [-0.15, -0.1) is 0 Å². The van der Waals surface area contributed by atoms with Crippen molar-refractivity contribution in [3.8, 4) is 0 Å². The first-order valence-electron chi connectivity index (χ1n) is 8.41. The van der Waals surface area contributed by atoms with Crippen molar-refractivity contribution < 1.29 is 4.79 Å². The maximum Gasteiger partial charge on any atom is 0.248 e. The second kappa shape index (κ2) is 7.71. The third-order valence-electron chi connectivity index (χ3n) is 4.27. The third kappa shape index (κ3) is 4.29. The minimum absolute atomic E-state index is 0.189. The second-order valence-corrected chi connectivity index (χ2v) is 6.07. The maximum absolute atomic E-state index is 12.2. The molecule has 0 bridgehead atoms. The Morgan fingerprint density at radius 2 is 2.00 bits per heavy atom. The number of allylic oxidation sites excluding steroid dienone is 2. The van der Waals surface area contributed by atoms with Crippen molar-refractivity contribution in [2.75, 3.05) is 5.32 Å². The summed E-state index contributed by atoms with van der Waals surface area (Å²) in [6, 6.07) is 9.90. The van der Waals surface area contributed by atoms with Crippen molar-refractivity contribution >= 4 is 29.5 Å². The lowest BCUT2D eigenvalue weighted by atomic mass is 10.0. The molecule has 1 fully saturated rings. The van der Waals surface area contributed by atoms with Crippen LogP contribution in [0.25, 0.3) is 11.6 Å². The molecular weight excluding hydrogens is 310 g/mol. The predicted octanol–water partition coefficient (Wildman–Crippen LogP) is 4.66. The summed E-state index contributed by atoms with van der Waals surface area (Å²) in [7, 11) is 0. The molecule has 1 saturated carbocycles. The Bertz CT molecular complexity index is 830. The second-order valence-electron chi connectivity index (χ2n) is 6.07. The summed E-state index contributed by atoms with van der Waals surface area (Å²) in [4.78, 5) is 16.3. The topological polar surface area (TPSA) is 65.8 Å². The Morgan fingerprint density at radius 3 is 2.64 bits per heavy atom. The van der Waals surface area contributed by atoms with E-state index < -0.39 is 0 Å². The molecule has 2 aromatic rings. The van der Waals surface area contributed by atoms with Gasteiger partial charge in [-0.25, -0.2) is 0 Å². The Morgan fingerprint density at radius 1 is 1.24 bits per heavy atom. The van der Waals surface area contributed by atoms with Gasteiger partial charge in [0, 0.05) is 35.9 Å². The van der Waals surface area contributed by atoms with Crippen molar-refractivity contribution in [2.24, 2.45) is 0 Å². The zero-order valence-corrected chi connectivity index (χ0v) is 14.2. The van der Waals surface area contributed by atoms with E-state index in [4.69, 9.17) is 5.41 Å². The van der Waals surface area contributed by atoms with Crippen molar-refractivity contribution in [1.82, 2.24) is 4.98 Å². The zero-order chi connectivity index (χ0) is 17.6. The number of pyridine rings is 1. The van der Waals surface area contributed by atoms with Crippen LogP contribution in [-0.4, -0.2) is 17.1 Å². The van der Waals surface area contributed by atoms with E-state index in [2.05, 4.69) is 22.4 Å². The van der Waals surface area contributed by atoms with E-state index in [9.17, 15) is 4.79 Å². The van der Waals surface area contributed by atoms with Crippen LogP contribution in [0.5, 0.6) is 0 Å². The number of nitrogens with one attached hydrogen (secondary N) is 2. The number of hydrogen-bond acceptors (Lipinski definition) is 3. The summed E-state index contributed by atoms with van der Waals surface area (Å²) >= 11 is 0.